The lowest BCUT2D eigenvalue weighted by Gasteiger charge is -2.27. The Bertz CT molecular complexity index is 474. The van der Waals surface area contributed by atoms with Gasteiger partial charge in [-0.3, -0.25) is 9.59 Å². The van der Waals surface area contributed by atoms with Crippen LogP contribution < -0.4 is 5.73 Å². The van der Waals surface area contributed by atoms with Crippen molar-refractivity contribution < 1.29 is 23.1 Å². The van der Waals surface area contributed by atoms with Gasteiger partial charge in [-0.1, -0.05) is 20.3 Å². The fourth-order valence-corrected chi connectivity index (χ4v) is 4.92. The highest BCUT2D eigenvalue weighted by Gasteiger charge is 2.44. The molecule has 1 amide bonds. The third kappa shape index (κ3) is 3.92. The lowest BCUT2D eigenvalue weighted by atomic mass is 10.1. The molecule has 8 heteroatoms. The molecule has 0 aromatic carbocycles. The van der Waals surface area contributed by atoms with E-state index in [1.54, 1.807) is 0 Å². The van der Waals surface area contributed by atoms with Gasteiger partial charge >= 0.3 is 5.97 Å². The number of primary amides is 1. The summed E-state index contributed by atoms with van der Waals surface area (Å²) in [6, 6.07) is 0. The molecule has 116 valence electrons. The highest BCUT2D eigenvalue weighted by molar-refractivity contribution is 7.89. The Hall–Kier alpha value is -1.15. The molecule has 1 aliphatic rings. The number of amides is 1. The minimum atomic E-state index is -3.83. The molecular formula is C12H22N2O5S. The predicted octanol–water partition coefficient (Wildman–Crippen LogP) is 0.0128. The Balaban J connectivity index is 3.02. The molecule has 0 radical (unpaired) electrons. The summed E-state index contributed by atoms with van der Waals surface area (Å²) in [6.45, 7) is 3.41. The first-order valence-corrected chi connectivity index (χ1v) is 8.16. The highest BCUT2D eigenvalue weighted by atomic mass is 32.2. The summed E-state index contributed by atoms with van der Waals surface area (Å²) >= 11 is 0. The molecule has 0 aromatic heterocycles. The van der Waals surface area contributed by atoms with E-state index in [-0.39, 0.29) is 12.5 Å². The maximum atomic E-state index is 12.6. The maximum absolute atomic E-state index is 12.6. The fourth-order valence-electron chi connectivity index (χ4n) is 2.60. The van der Waals surface area contributed by atoms with E-state index in [0.29, 0.717) is 19.3 Å². The minimum absolute atomic E-state index is 0.0220. The quantitative estimate of drug-likeness (QED) is 0.687. The molecule has 0 heterocycles. The third-order valence-corrected chi connectivity index (χ3v) is 5.74. The van der Waals surface area contributed by atoms with Gasteiger partial charge in [0, 0.05) is 6.54 Å². The molecular weight excluding hydrogens is 284 g/mol. The van der Waals surface area contributed by atoms with Crippen molar-refractivity contribution >= 4 is 21.9 Å². The molecule has 1 rings (SSSR count). The molecule has 20 heavy (non-hydrogen) atoms. The molecule has 7 nitrogen and oxygen atoms in total. The number of nitrogens with zero attached hydrogens (tertiary/aromatic N) is 1. The van der Waals surface area contributed by atoms with E-state index in [1.165, 1.54) is 0 Å². The van der Waals surface area contributed by atoms with Crippen LogP contribution in [0.4, 0.5) is 0 Å². The summed E-state index contributed by atoms with van der Waals surface area (Å²) < 4.78 is 26.2. The van der Waals surface area contributed by atoms with Gasteiger partial charge in [0.2, 0.25) is 15.9 Å². The van der Waals surface area contributed by atoms with Crippen molar-refractivity contribution in [1.29, 1.82) is 0 Å². The van der Waals surface area contributed by atoms with Gasteiger partial charge in [-0.2, -0.15) is 4.31 Å². The van der Waals surface area contributed by atoms with Crippen molar-refractivity contribution in [1.82, 2.24) is 4.31 Å². The van der Waals surface area contributed by atoms with Gasteiger partial charge in [0.25, 0.3) is 0 Å². The van der Waals surface area contributed by atoms with Gasteiger partial charge < -0.3 is 10.8 Å². The number of nitrogens with two attached hydrogens (primary N) is 1. The van der Waals surface area contributed by atoms with E-state index in [0.717, 1.165) is 4.31 Å². The molecule has 2 atom stereocenters. The largest absolute Gasteiger partial charge is 0.481 e. The van der Waals surface area contributed by atoms with Crippen molar-refractivity contribution in [3.05, 3.63) is 0 Å². The van der Waals surface area contributed by atoms with E-state index >= 15 is 0 Å². The average Bonchev–Trinajstić information content (AvgIpc) is 2.76. The van der Waals surface area contributed by atoms with Crippen LogP contribution in [0.1, 0.15) is 33.1 Å². The number of sulfonamides is 1. The lowest BCUT2D eigenvalue weighted by molar-refractivity contribution is -0.141. The molecule has 1 aliphatic carbocycles. The molecule has 2 unspecified atom stereocenters. The van der Waals surface area contributed by atoms with Crippen molar-refractivity contribution in [3.8, 4) is 0 Å². The molecule has 1 saturated carbocycles. The van der Waals surface area contributed by atoms with Crippen LogP contribution in [-0.4, -0.2) is 48.0 Å². The van der Waals surface area contributed by atoms with Crippen molar-refractivity contribution in [2.45, 2.75) is 38.4 Å². The van der Waals surface area contributed by atoms with E-state index in [9.17, 15) is 18.0 Å². The monoisotopic (exact) mass is 306 g/mol. The number of carboxylic acids is 1. The molecule has 3 N–H and O–H groups in total. The Morgan fingerprint density at radius 2 is 1.95 bits per heavy atom. The Kier molecular flexibility index (Phi) is 5.52. The van der Waals surface area contributed by atoms with Gasteiger partial charge in [-0.05, 0) is 18.8 Å². The number of hydrogen-bond acceptors (Lipinski definition) is 4. The van der Waals surface area contributed by atoms with E-state index in [1.807, 2.05) is 13.8 Å². The zero-order valence-corrected chi connectivity index (χ0v) is 12.6. The summed E-state index contributed by atoms with van der Waals surface area (Å²) in [5.74, 6) is -2.71. The van der Waals surface area contributed by atoms with Crippen LogP contribution in [0.5, 0.6) is 0 Å². The number of aliphatic carboxylic acids is 1. The molecule has 0 saturated heterocycles. The van der Waals surface area contributed by atoms with Gasteiger partial charge in [-0.25, -0.2) is 8.42 Å². The summed E-state index contributed by atoms with van der Waals surface area (Å²) in [6.07, 6.45) is 1.23. The topological polar surface area (TPSA) is 118 Å². The Morgan fingerprint density at radius 1 is 1.35 bits per heavy atom. The van der Waals surface area contributed by atoms with Crippen LogP contribution in [0.2, 0.25) is 0 Å². The molecule has 0 spiro atoms. The average molecular weight is 306 g/mol. The molecule has 0 aromatic rings. The van der Waals surface area contributed by atoms with Gasteiger partial charge in [-0.15, -0.1) is 0 Å². The predicted molar refractivity (Wildman–Crippen MR) is 73.3 cm³/mol. The van der Waals surface area contributed by atoms with Gasteiger partial charge in [0.05, 0.1) is 17.7 Å². The Morgan fingerprint density at radius 3 is 2.40 bits per heavy atom. The van der Waals surface area contributed by atoms with E-state index in [4.69, 9.17) is 10.8 Å². The second kappa shape index (κ2) is 6.53. The molecule has 0 bridgehead atoms. The summed E-state index contributed by atoms with van der Waals surface area (Å²) in [4.78, 5) is 22.2. The van der Waals surface area contributed by atoms with Crippen LogP contribution in [-0.2, 0) is 19.6 Å². The van der Waals surface area contributed by atoms with Crippen LogP contribution in [0.25, 0.3) is 0 Å². The van der Waals surface area contributed by atoms with Crippen molar-refractivity contribution in [3.63, 3.8) is 0 Å². The highest BCUT2D eigenvalue weighted by Crippen LogP contribution is 2.33. The summed E-state index contributed by atoms with van der Waals surface area (Å²) in [7, 11) is -3.83. The van der Waals surface area contributed by atoms with Crippen LogP contribution >= 0.6 is 0 Å². The standard InChI is InChI=1S/C12H22N2O5S/c1-8(2)6-14(7-11(13)15)20(18,19)10-5-3-4-9(10)12(16)17/h8-10H,3-7H2,1-2H3,(H2,13,15)(H,16,17). The first-order chi connectivity index (χ1) is 9.16. The summed E-state index contributed by atoms with van der Waals surface area (Å²) in [5, 5.41) is 8.16. The number of carboxylic acid groups (broad SMARTS) is 1. The normalized spacial score (nSPS) is 23.4. The summed E-state index contributed by atoms with van der Waals surface area (Å²) in [5.41, 5.74) is 5.10. The number of rotatable bonds is 7. The lowest BCUT2D eigenvalue weighted by Crippen LogP contribution is -2.47. The maximum Gasteiger partial charge on any atom is 0.307 e. The smallest absolute Gasteiger partial charge is 0.307 e. The third-order valence-electron chi connectivity index (χ3n) is 3.41. The molecule has 1 fully saturated rings. The van der Waals surface area contributed by atoms with E-state index < -0.39 is 39.6 Å². The number of carbonyl (C=O) groups excluding carboxylic acids is 1. The van der Waals surface area contributed by atoms with Crippen molar-refractivity contribution in [2.75, 3.05) is 13.1 Å². The molecule has 0 aliphatic heterocycles. The Labute approximate surface area is 119 Å². The fraction of sp³-hybridized carbons (Fsp3) is 0.833. The number of hydrogen-bond donors (Lipinski definition) is 2. The zero-order chi connectivity index (χ0) is 15.5. The second-order valence-corrected chi connectivity index (χ2v) is 7.76. The zero-order valence-electron chi connectivity index (χ0n) is 11.8. The van der Waals surface area contributed by atoms with E-state index in [2.05, 4.69) is 0 Å². The SMILES string of the molecule is CC(C)CN(CC(N)=O)S(=O)(=O)C1CCCC1C(=O)O. The minimum Gasteiger partial charge on any atom is -0.481 e. The van der Waals surface area contributed by atoms with Crippen LogP contribution in [0, 0.1) is 11.8 Å². The van der Waals surface area contributed by atoms with Crippen LogP contribution in [0.15, 0.2) is 0 Å². The number of carbonyl (C=O) groups is 2. The second-order valence-electron chi connectivity index (χ2n) is 5.61. The van der Waals surface area contributed by atoms with Gasteiger partial charge in [0.1, 0.15) is 0 Å². The first kappa shape index (κ1) is 16.9. The van der Waals surface area contributed by atoms with Crippen LogP contribution in [0.3, 0.4) is 0 Å². The first-order valence-electron chi connectivity index (χ1n) is 6.66. The van der Waals surface area contributed by atoms with Crippen molar-refractivity contribution in [2.24, 2.45) is 17.6 Å². The van der Waals surface area contributed by atoms with Gasteiger partial charge in [0.15, 0.2) is 0 Å².